The number of amides is 2. The Morgan fingerprint density at radius 2 is 1.90 bits per heavy atom. The summed E-state index contributed by atoms with van der Waals surface area (Å²) < 4.78 is 0. The van der Waals surface area contributed by atoms with Gasteiger partial charge < -0.3 is 4.90 Å². The molecule has 31 heavy (non-hydrogen) atoms. The van der Waals surface area contributed by atoms with Gasteiger partial charge in [-0.2, -0.15) is 0 Å². The first-order valence-electron chi connectivity index (χ1n) is 11.2. The zero-order valence-electron chi connectivity index (χ0n) is 17.5. The second-order valence-electron chi connectivity index (χ2n) is 8.49. The van der Waals surface area contributed by atoms with E-state index in [1.807, 2.05) is 29.2 Å². The van der Waals surface area contributed by atoms with E-state index in [-0.39, 0.29) is 24.9 Å². The van der Waals surface area contributed by atoms with E-state index < -0.39 is 0 Å². The summed E-state index contributed by atoms with van der Waals surface area (Å²) in [6.45, 7) is 1.73. The van der Waals surface area contributed by atoms with E-state index in [4.69, 9.17) is 16.6 Å². The average Bonchev–Trinajstić information content (AvgIpc) is 3.11. The predicted octanol–water partition coefficient (Wildman–Crippen LogP) is 4.48. The molecule has 2 aromatic rings. The summed E-state index contributed by atoms with van der Waals surface area (Å²) in [6.07, 6.45) is 7.57. The van der Waals surface area contributed by atoms with Gasteiger partial charge in [0.25, 0.3) is 0 Å². The van der Waals surface area contributed by atoms with Crippen molar-refractivity contribution < 1.29 is 9.59 Å². The molecular formula is C24H26ClN3O2S. The number of carbonyl (C=O) groups excluding carboxylic acids is 2. The second kappa shape index (κ2) is 8.75. The maximum absolute atomic E-state index is 13.2. The Morgan fingerprint density at radius 3 is 2.71 bits per heavy atom. The monoisotopic (exact) mass is 455 g/mol. The number of halogens is 1. The normalized spacial score (nSPS) is 18.9. The number of hydrogen-bond acceptors (Lipinski definition) is 4. The molecule has 2 aliphatic heterocycles. The molecule has 0 unspecified atom stereocenters. The Kier molecular flexibility index (Phi) is 5.85. The smallest absolute Gasteiger partial charge is 0.249 e. The molecule has 1 fully saturated rings. The van der Waals surface area contributed by atoms with Crippen LogP contribution in [0.15, 0.2) is 29.3 Å². The van der Waals surface area contributed by atoms with Crippen molar-refractivity contribution in [2.24, 2.45) is 4.99 Å². The van der Waals surface area contributed by atoms with Gasteiger partial charge in [0.1, 0.15) is 18.1 Å². The fourth-order valence-electron chi connectivity index (χ4n) is 4.82. The SMILES string of the molecule is O=C(CN1C(=O)CN=C(c2cccc(Cl)c2)c2c1sc1c2CCCC1)N1CCCCC1. The van der Waals surface area contributed by atoms with Crippen molar-refractivity contribution in [2.75, 3.05) is 31.1 Å². The highest BCUT2D eigenvalue weighted by molar-refractivity contribution is 7.17. The van der Waals surface area contributed by atoms with Crippen molar-refractivity contribution in [2.45, 2.75) is 44.9 Å². The number of likely N-dealkylation sites (tertiary alicyclic amines) is 1. The van der Waals surface area contributed by atoms with Gasteiger partial charge in [-0.3, -0.25) is 19.5 Å². The zero-order chi connectivity index (χ0) is 21.4. The number of fused-ring (bicyclic) bond motifs is 3. The van der Waals surface area contributed by atoms with Gasteiger partial charge in [0.05, 0.1) is 5.71 Å². The number of aliphatic imine (C=N–C) groups is 1. The molecule has 162 valence electrons. The molecule has 0 saturated carbocycles. The number of thiophene rings is 1. The summed E-state index contributed by atoms with van der Waals surface area (Å²) in [6, 6.07) is 7.68. The van der Waals surface area contributed by atoms with Gasteiger partial charge in [-0.05, 0) is 62.6 Å². The molecule has 0 radical (unpaired) electrons. The van der Waals surface area contributed by atoms with E-state index in [0.717, 1.165) is 73.5 Å². The highest BCUT2D eigenvalue weighted by Gasteiger charge is 2.34. The first-order valence-corrected chi connectivity index (χ1v) is 12.3. The van der Waals surface area contributed by atoms with Gasteiger partial charge in [-0.1, -0.05) is 23.7 Å². The molecule has 1 aliphatic carbocycles. The van der Waals surface area contributed by atoms with Crippen LogP contribution in [0.5, 0.6) is 0 Å². The van der Waals surface area contributed by atoms with E-state index in [1.54, 1.807) is 16.2 Å². The average molecular weight is 456 g/mol. The van der Waals surface area contributed by atoms with Crippen molar-refractivity contribution in [1.82, 2.24) is 4.90 Å². The van der Waals surface area contributed by atoms with Crippen molar-refractivity contribution in [3.8, 4) is 0 Å². The molecule has 7 heteroatoms. The molecule has 0 N–H and O–H groups in total. The van der Waals surface area contributed by atoms with Crippen LogP contribution in [0.3, 0.4) is 0 Å². The van der Waals surface area contributed by atoms with Gasteiger partial charge in [0.2, 0.25) is 11.8 Å². The molecule has 3 heterocycles. The number of nitrogens with zero attached hydrogens (tertiary/aromatic N) is 3. The molecule has 5 rings (SSSR count). The number of piperidine rings is 1. The molecule has 3 aliphatic rings. The minimum absolute atomic E-state index is 0.0385. The third-order valence-electron chi connectivity index (χ3n) is 6.41. The third kappa shape index (κ3) is 4.03. The lowest BCUT2D eigenvalue weighted by Gasteiger charge is -2.29. The Hall–Kier alpha value is -2.18. The first kappa shape index (κ1) is 20.7. The summed E-state index contributed by atoms with van der Waals surface area (Å²) in [4.78, 5) is 35.9. The van der Waals surface area contributed by atoms with Crippen molar-refractivity contribution in [1.29, 1.82) is 0 Å². The Labute approximate surface area is 191 Å². The minimum Gasteiger partial charge on any atom is -0.341 e. The van der Waals surface area contributed by atoms with Crippen molar-refractivity contribution >= 4 is 45.5 Å². The van der Waals surface area contributed by atoms with E-state index >= 15 is 0 Å². The van der Waals surface area contributed by atoms with Crippen LogP contribution in [0.2, 0.25) is 5.02 Å². The van der Waals surface area contributed by atoms with Crippen LogP contribution in [-0.2, 0) is 22.4 Å². The standard InChI is InChI=1S/C24H26ClN3O2S/c25-17-8-6-7-16(13-17)23-22-18-9-2-3-10-19(18)31-24(22)28(20(29)14-26-23)15-21(30)27-11-4-1-5-12-27/h6-8,13H,1-5,9-12,14-15H2. The highest BCUT2D eigenvalue weighted by Crippen LogP contribution is 2.42. The van der Waals surface area contributed by atoms with Gasteiger partial charge in [-0.15, -0.1) is 11.3 Å². The Balaban J connectivity index is 1.57. The summed E-state index contributed by atoms with van der Waals surface area (Å²) in [7, 11) is 0. The van der Waals surface area contributed by atoms with Crippen LogP contribution in [0.25, 0.3) is 0 Å². The molecular weight excluding hydrogens is 430 g/mol. The minimum atomic E-state index is -0.109. The Bertz CT molecular complexity index is 1060. The molecule has 0 bridgehead atoms. The van der Waals surface area contributed by atoms with Crippen LogP contribution in [0.4, 0.5) is 5.00 Å². The number of rotatable bonds is 3. The van der Waals surface area contributed by atoms with Crippen LogP contribution in [0, 0.1) is 0 Å². The number of carbonyl (C=O) groups is 2. The van der Waals surface area contributed by atoms with Gasteiger partial charge in [0.15, 0.2) is 0 Å². The third-order valence-corrected chi connectivity index (χ3v) is 7.96. The largest absolute Gasteiger partial charge is 0.341 e. The lowest BCUT2D eigenvalue weighted by Crippen LogP contribution is -2.45. The number of hydrogen-bond donors (Lipinski definition) is 0. The lowest BCUT2D eigenvalue weighted by atomic mass is 9.91. The highest BCUT2D eigenvalue weighted by atomic mass is 35.5. The van der Waals surface area contributed by atoms with Crippen LogP contribution < -0.4 is 4.90 Å². The van der Waals surface area contributed by atoms with Gasteiger partial charge in [0, 0.05) is 34.1 Å². The molecule has 2 amide bonds. The van der Waals surface area contributed by atoms with Crippen molar-refractivity contribution in [3.05, 3.63) is 50.9 Å². The first-order chi connectivity index (χ1) is 15.1. The lowest BCUT2D eigenvalue weighted by molar-refractivity contribution is -0.132. The number of aryl methyl sites for hydroxylation is 1. The molecule has 1 aromatic carbocycles. The summed E-state index contributed by atoms with van der Waals surface area (Å²) in [5.74, 6) is -0.0705. The van der Waals surface area contributed by atoms with Crippen molar-refractivity contribution in [3.63, 3.8) is 0 Å². The van der Waals surface area contributed by atoms with E-state index in [9.17, 15) is 9.59 Å². The second-order valence-corrected chi connectivity index (χ2v) is 10.0. The van der Waals surface area contributed by atoms with Crippen LogP contribution in [-0.4, -0.2) is 48.6 Å². The van der Waals surface area contributed by atoms with E-state index in [1.165, 1.54) is 16.9 Å². The summed E-state index contributed by atoms with van der Waals surface area (Å²) in [5.41, 5.74) is 4.10. The predicted molar refractivity (Wildman–Crippen MR) is 126 cm³/mol. The fourth-order valence-corrected chi connectivity index (χ4v) is 6.42. The van der Waals surface area contributed by atoms with Crippen LogP contribution >= 0.6 is 22.9 Å². The maximum atomic E-state index is 13.2. The molecule has 5 nitrogen and oxygen atoms in total. The number of benzene rings is 1. The number of anilines is 1. The maximum Gasteiger partial charge on any atom is 0.249 e. The topological polar surface area (TPSA) is 53.0 Å². The summed E-state index contributed by atoms with van der Waals surface area (Å²) >= 11 is 7.96. The van der Waals surface area contributed by atoms with Gasteiger partial charge >= 0.3 is 0 Å². The molecule has 0 atom stereocenters. The quantitative estimate of drug-likeness (QED) is 0.685. The fraction of sp³-hybridized carbons (Fsp3) is 0.458. The Morgan fingerprint density at radius 1 is 1.10 bits per heavy atom. The van der Waals surface area contributed by atoms with Crippen LogP contribution in [0.1, 0.15) is 53.7 Å². The molecule has 0 spiro atoms. The van der Waals surface area contributed by atoms with E-state index in [0.29, 0.717) is 5.02 Å². The zero-order valence-corrected chi connectivity index (χ0v) is 19.1. The van der Waals surface area contributed by atoms with E-state index in [2.05, 4.69) is 0 Å². The van der Waals surface area contributed by atoms with Gasteiger partial charge in [-0.25, -0.2) is 0 Å². The molecule has 1 saturated heterocycles. The summed E-state index contributed by atoms with van der Waals surface area (Å²) in [5, 5.41) is 1.54. The molecule has 1 aromatic heterocycles.